The Kier molecular flexibility index (Phi) is 4.58. The summed E-state index contributed by atoms with van der Waals surface area (Å²) in [6.07, 6.45) is 0.538. The number of hydrogen-bond donors (Lipinski definition) is 2. The molecule has 0 radical (unpaired) electrons. The van der Waals surface area contributed by atoms with Gasteiger partial charge in [-0.3, -0.25) is 4.79 Å². The van der Waals surface area contributed by atoms with Gasteiger partial charge < -0.3 is 14.8 Å². The standard InChI is InChI=1S/C16H19NO3/c1-11-4-5-13(10-12(11)2)14-6-7-15(20-14)16(19)17-8-3-9-18/h4-7,10,18H,3,8-9H2,1-2H3,(H,17,19). The lowest BCUT2D eigenvalue weighted by Gasteiger charge is -2.03. The Bertz CT molecular complexity index is 602. The molecule has 0 unspecified atom stereocenters. The van der Waals surface area contributed by atoms with E-state index in [2.05, 4.69) is 12.2 Å². The molecule has 0 saturated carbocycles. The summed E-state index contributed by atoms with van der Waals surface area (Å²) in [5.74, 6) is 0.713. The van der Waals surface area contributed by atoms with Crippen LogP contribution in [0.1, 0.15) is 28.1 Å². The van der Waals surface area contributed by atoms with Crippen molar-refractivity contribution >= 4 is 5.91 Å². The Labute approximate surface area is 118 Å². The fraction of sp³-hybridized carbons (Fsp3) is 0.312. The van der Waals surface area contributed by atoms with Gasteiger partial charge in [-0.2, -0.15) is 0 Å². The number of carbonyl (C=O) groups is 1. The van der Waals surface area contributed by atoms with Gasteiger partial charge in [-0.1, -0.05) is 12.1 Å². The molecule has 106 valence electrons. The Balaban J connectivity index is 2.12. The van der Waals surface area contributed by atoms with Crippen molar-refractivity contribution in [2.45, 2.75) is 20.3 Å². The molecule has 4 heteroatoms. The van der Waals surface area contributed by atoms with E-state index in [1.54, 1.807) is 12.1 Å². The van der Waals surface area contributed by atoms with E-state index in [9.17, 15) is 4.79 Å². The highest BCUT2D eigenvalue weighted by atomic mass is 16.3. The van der Waals surface area contributed by atoms with Gasteiger partial charge in [0, 0.05) is 18.7 Å². The molecular weight excluding hydrogens is 254 g/mol. The van der Waals surface area contributed by atoms with Gasteiger partial charge >= 0.3 is 0 Å². The zero-order chi connectivity index (χ0) is 14.5. The Hall–Kier alpha value is -2.07. The third-order valence-electron chi connectivity index (χ3n) is 3.24. The van der Waals surface area contributed by atoms with Gasteiger partial charge in [0.1, 0.15) is 5.76 Å². The number of furan rings is 1. The van der Waals surface area contributed by atoms with Crippen molar-refractivity contribution in [3.05, 3.63) is 47.2 Å². The predicted octanol–water partition coefficient (Wildman–Crippen LogP) is 2.68. The maximum absolute atomic E-state index is 11.8. The molecular formula is C16H19NO3. The van der Waals surface area contributed by atoms with Gasteiger partial charge in [0.25, 0.3) is 5.91 Å². The number of amides is 1. The molecule has 0 aliphatic carbocycles. The van der Waals surface area contributed by atoms with Gasteiger partial charge in [0.05, 0.1) is 0 Å². The molecule has 1 aromatic heterocycles. The van der Waals surface area contributed by atoms with Crippen LogP contribution in [-0.2, 0) is 0 Å². The molecule has 0 spiro atoms. The average Bonchev–Trinajstić information content (AvgIpc) is 2.92. The first-order chi connectivity index (χ1) is 9.61. The molecule has 1 aromatic carbocycles. The van der Waals surface area contributed by atoms with Crippen LogP contribution in [0, 0.1) is 13.8 Å². The predicted molar refractivity (Wildman–Crippen MR) is 77.7 cm³/mol. The molecule has 2 aromatic rings. The summed E-state index contributed by atoms with van der Waals surface area (Å²) in [4.78, 5) is 11.8. The molecule has 0 bridgehead atoms. The maximum atomic E-state index is 11.8. The van der Waals surface area contributed by atoms with Crippen LogP contribution in [0.25, 0.3) is 11.3 Å². The van der Waals surface area contributed by atoms with E-state index < -0.39 is 0 Å². The highest BCUT2D eigenvalue weighted by Crippen LogP contribution is 2.24. The quantitative estimate of drug-likeness (QED) is 0.823. The van der Waals surface area contributed by atoms with E-state index >= 15 is 0 Å². The lowest BCUT2D eigenvalue weighted by Crippen LogP contribution is -2.24. The van der Waals surface area contributed by atoms with Crippen LogP contribution in [0.5, 0.6) is 0 Å². The minimum absolute atomic E-state index is 0.0618. The largest absolute Gasteiger partial charge is 0.451 e. The minimum atomic E-state index is -0.256. The molecule has 4 nitrogen and oxygen atoms in total. The number of carbonyl (C=O) groups excluding carboxylic acids is 1. The fourth-order valence-corrected chi connectivity index (χ4v) is 1.88. The summed E-state index contributed by atoms with van der Waals surface area (Å²) in [5.41, 5.74) is 3.37. The van der Waals surface area contributed by atoms with Crippen molar-refractivity contribution < 1.29 is 14.3 Å². The molecule has 0 aliphatic rings. The molecule has 20 heavy (non-hydrogen) atoms. The third-order valence-corrected chi connectivity index (χ3v) is 3.24. The summed E-state index contributed by atoms with van der Waals surface area (Å²) in [7, 11) is 0. The Morgan fingerprint density at radius 2 is 2.00 bits per heavy atom. The summed E-state index contributed by atoms with van der Waals surface area (Å²) in [6.45, 7) is 4.60. The van der Waals surface area contributed by atoms with Crippen LogP contribution in [0.3, 0.4) is 0 Å². The van der Waals surface area contributed by atoms with E-state index in [4.69, 9.17) is 9.52 Å². The normalized spacial score (nSPS) is 10.6. The second kappa shape index (κ2) is 6.39. The third kappa shape index (κ3) is 3.27. The SMILES string of the molecule is Cc1ccc(-c2ccc(C(=O)NCCCO)o2)cc1C. The summed E-state index contributed by atoms with van der Waals surface area (Å²) >= 11 is 0. The van der Waals surface area contributed by atoms with E-state index in [0.717, 1.165) is 5.56 Å². The molecule has 2 N–H and O–H groups in total. The number of rotatable bonds is 5. The summed E-state index contributed by atoms with van der Waals surface area (Å²) in [5, 5.41) is 11.4. The lowest BCUT2D eigenvalue weighted by atomic mass is 10.1. The highest BCUT2D eigenvalue weighted by Gasteiger charge is 2.11. The molecule has 0 saturated heterocycles. The number of hydrogen-bond acceptors (Lipinski definition) is 3. The lowest BCUT2D eigenvalue weighted by molar-refractivity contribution is 0.0924. The molecule has 2 rings (SSSR count). The second-order valence-corrected chi connectivity index (χ2v) is 4.80. The smallest absolute Gasteiger partial charge is 0.287 e. The molecule has 0 atom stereocenters. The summed E-state index contributed by atoms with van der Waals surface area (Å²) in [6, 6.07) is 9.52. The number of aryl methyl sites for hydroxylation is 2. The first kappa shape index (κ1) is 14.3. The van der Waals surface area contributed by atoms with Crippen molar-refractivity contribution in [1.82, 2.24) is 5.32 Å². The van der Waals surface area contributed by atoms with Gasteiger partial charge in [0.15, 0.2) is 5.76 Å². The van der Waals surface area contributed by atoms with E-state index in [0.29, 0.717) is 18.7 Å². The summed E-state index contributed by atoms with van der Waals surface area (Å²) < 4.78 is 5.58. The van der Waals surface area contributed by atoms with Crippen LogP contribution in [0.2, 0.25) is 0 Å². The monoisotopic (exact) mass is 273 g/mol. The van der Waals surface area contributed by atoms with Gasteiger partial charge in [0.2, 0.25) is 0 Å². The van der Waals surface area contributed by atoms with E-state index in [-0.39, 0.29) is 18.3 Å². The number of benzene rings is 1. The van der Waals surface area contributed by atoms with Crippen LogP contribution in [0.4, 0.5) is 0 Å². The number of nitrogens with one attached hydrogen (secondary N) is 1. The average molecular weight is 273 g/mol. The number of aliphatic hydroxyl groups is 1. The van der Waals surface area contributed by atoms with Crippen LogP contribution in [0.15, 0.2) is 34.7 Å². The van der Waals surface area contributed by atoms with Crippen molar-refractivity contribution in [1.29, 1.82) is 0 Å². The van der Waals surface area contributed by atoms with E-state index in [1.165, 1.54) is 11.1 Å². The number of aliphatic hydroxyl groups excluding tert-OH is 1. The van der Waals surface area contributed by atoms with Gasteiger partial charge in [-0.05, 0) is 49.6 Å². The van der Waals surface area contributed by atoms with Crippen LogP contribution >= 0.6 is 0 Å². The Morgan fingerprint density at radius 3 is 2.70 bits per heavy atom. The van der Waals surface area contributed by atoms with Crippen molar-refractivity contribution in [3.8, 4) is 11.3 Å². The van der Waals surface area contributed by atoms with Gasteiger partial charge in [-0.25, -0.2) is 0 Å². The van der Waals surface area contributed by atoms with Crippen LogP contribution in [-0.4, -0.2) is 24.2 Å². The van der Waals surface area contributed by atoms with Crippen LogP contribution < -0.4 is 5.32 Å². The first-order valence-electron chi connectivity index (χ1n) is 6.68. The molecule has 1 amide bonds. The van der Waals surface area contributed by atoms with Gasteiger partial charge in [-0.15, -0.1) is 0 Å². The highest BCUT2D eigenvalue weighted by molar-refractivity contribution is 5.92. The van der Waals surface area contributed by atoms with E-state index in [1.807, 2.05) is 25.1 Å². The van der Waals surface area contributed by atoms with Crippen molar-refractivity contribution in [2.24, 2.45) is 0 Å². The van der Waals surface area contributed by atoms with Crippen molar-refractivity contribution in [3.63, 3.8) is 0 Å². The molecule has 0 aliphatic heterocycles. The van der Waals surface area contributed by atoms with Crippen molar-refractivity contribution in [2.75, 3.05) is 13.2 Å². The minimum Gasteiger partial charge on any atom is -0.451 e. The second-order valence-electron chi connectivity index (χ2n) is 4.80. The maximum Gasteiger partial charge on any atom is 0.287 e. The zero-order valence-corrected chi connectivity index (χ0v) is 11.8. The Morgan fingerprint density at radius 1 is 1.20 bits per heavy atom. The zero-order valence-electron chi connectivity index (χ0n) is 11.8. The first-order valence-corrected chi connectivity index (χ1v) is 6.68. The molecule has 1 heterocycles. The fourth-order valence-electron chi connectivity index (χ4n) is 1.88. The molecule has 0 fully saturated rings. The topological polar surface area (TPSA) is 62.5 Å².